The maximum Gasteiger partial charge on any atom is 0.191 e. The van der Waals surface area contributed by atoms with Crippen LogP contribution in [0.15, 0.2) is 21.6 Å². The molecule has 0 aromatic carbocycles. The van der Waals surface area contributed by atoms with Crippen LogP contribution in [0.25, 0.3) is 0 Å². The van der Waals surface area contributed by atoms with Gasteiger partial charge < -0.3 is 15.2 Å². The molecule has 0 amide bonds. The van der Waals surface area contributed by atoms with Gasteiger partial charge in [0, 0.05) is 46.8 Å². The fourth-order valence-corrected chi connectivity index (χ4v) is 4.03. The molecular weight excluding hydrogens is 459 g/mol. The molecule has 0 aliphatic rings. The minimum Gasteiger partial charge on any atom is -0.361 e. The summed E-state index contributed by atoms with van der Waals surface area (Å²) in [6.07, 6.45) is 1.00. The Hall–Kier alpha value is -1.09. The van der Waals surface area contributed by atoms with Crippen LogP contribution in [-0.4, -0.2) is 30.2 Å². The Bertz CT molecular complexity index is 691. The fraction of sp³-hybridized carbons (Fsp3) is 0.579. The van der Waals surface area contributed by atoms with Gasteiger partial charge >= 0.3 is 0 Å². The average molecular weight is 490 g/mol. The summed E-state index contributed by atoms with van der Waals surface area (Å²) in [6, 6.07) is 4.71. The van der Waals surface area contributed by atoms with Crippen molar-refractivity contribution in [2.45, 2.75) is 59.9 Å². The number of hydrogen-bond acceptors (Lipinski definition) is 4. The molecule has 2 unspecified atom stereocenters. The van der Waals surface area contributed by atoms with Crippen LogP contribution < -0.4 is 10.6 Å². The van der Waals surface area contributed by atoms with Crippen molar-refractivity contribution in [1.29, 1.82) is 0 Å². The van der Waals surface area contributed by atoms with E-state index in [0.717, 1.165) is 30.4 Å². The first-order valence-corrected chi connectivity index (χ1v) is 9.75. The summed E-state index contributed by atoms with van der Waals surface area (Å²) in [5.74, 6) is 2.03. The number of nitrogens with zero attached hydrogens (tertiary/aromatic N) is 2. The second kappa shape index (κ2) is 10.9. The van der Waals surface area contributed by atoms with Crippen molar-refractivity contribution < 1.29 is 4.52 Å². The number of guanidine groups is 1. The minimum absolute atomic E-state index is 0. The Morgan fingerprint density at radius 3 is 2.54 bits per heavy atom. The molecule has 0 spiro atoms. The van der Waals surface area contributed by atoms with E-state index in [1.807, 2.05) is 25.2 Å². The van der Waals surface area contributed by atoms with Crippen LogP contribution in [0, 0.1) is 20.8 Å². The van der Waals surface area contributed by atoms with Crippen molar-refractivity contribution in [2.24, 2.45) is 4.99 Å². The van der Waals surface area contributed by atoms with Gasteiger partial charge in [-0.15, -0.1) is 35.3 Å². The van der Waals surface area contributed by atoms with E-state index in [-0.39, 0.29) is 29.9 Å². The average Bonchev–Trinajstić information content (AvgIpc) is 3.10. The van der Waals surface area contributed by atoms with Gasteiger partial charge in [-0.3, -0.25) is 4.99 Å². The molecule has 2 N–H and O–H groups in total. The Kier molecular flexibility index (Phi) is 9.63. The first kappa shape index (κ1) is 23.0. The summed E-state index contributed by atoms with van der Waals surface area (Å²) < 4.78 is 5.28. The molecule has 0 aliphatic carbocycles. The van der Waals surface area contributed by atoms with Gasteiger partial charge in [0.05, 0.1) is 5.69 Å². The molecule has 146 valence electrons. The zero-order valence-electron chi connectivity index (χ0n) is 16.5. The van der Waals surface area contributed by atoms with E-state index in [2.05, 4.69) is 55.6 Å². The van der Waals surface area contributed by atoms with Gasteiger partial charge in [0.2, 0.25) is 0 Å². The monoisotopic (exact) mass is 490 g/mol. The zero-order valence-corrected chi connectivity index (χ0v) is 19.7. The quantitative estimate of drug-likeness (QED) is 0.339. The molecule has 0 radical (unpaired) electrons. The molecule has 7 heteroatoms. The molecule has 5 nitrogen and oxygen atoms in total. The van der Waals surface area contributed by atoms with E-state index in [1.54, 1.807) is 0 Å². The number of halogens is 1. The second-order valence-corrected chi connectivity index (χ2v) is 7.99. The Labute approximate surface area is 178 Å². The van der Waals surface area contributed by atoms with E-state index < -0.39 is 0 Å². The van der Waals surface area contributed by atoms with Gasteiger partial charge in [0.25, 0.3) is 0 Å². The van der Waals surface area contributed by atoms with Crippen molar-refractivity contribution in [2.75, 3.05) is 13.1 Å². The van der Waals surface area contributed by atoms with Gasteiger partial charge in [-0.05, 0) is 46.8 Å². The molecule has 2 aromatic rings. The lowest BCUT2D eigenvalue weighted by Crippen LogP contribution is -2.43. The first-order chi connectivity index (χ1) is 11.9. The molecule has 26 heavy (non-hydrogen) atoms. The number of rotatable bonds is 7. The maximum atomic E-state index is 5.28. The van der Waals surface area contributed by atoms with Crippen LogP contribution in [0.1, 0.15) is 53.5 Å². The third-order valence-electron chi connectivity index (χ3n) is 4.14. The molecule has 2 atom stereocenters. The van der Waals surface area contributed by atoms with Crippen LogP contribution >= 0.6 is 35.3 Å². The van der Waals surface area contributed by atoms with Gasteiger partial charge in [0.1, 0.15) is 5.76 Å². The number of hydrogen-bond donors (Lipinski definition) is 2. The third kappa shape index (κ3) is 6.57. The van der Waals surface area contributed by atoms with E-state index in [4.69, 9.17) is 9.52 Å². The molecule has 0 bridgehead atoms. The summed E-state index contributed by atoms with van der Waals surface area (Å²) >= 11 is 1.86. The summed E-state index contributed by atoms with van der Waals surface area (Å²) in [5.41, 5.74) is 2.13. The normalized spacial score (nSPS) is 13.8. The van der Waals surface area contributed by atoms with Crippen molar-refractivity contribution in [1.82, 2.24) is 15.8 Å². The molecule has 0 saturated heterocycles. The fourth-order valence-electron chi connectivity index (χ4n) is 3.01. The molecule has 2 heterocycles. The predicted molar refractivity (Wildman–Crippen MR) is 121 cm³/mol. The largest absolute Gasteiger partial charge is 0.361 e. The van der Waals surface area contributed by atoms with Gasteiger partial charge in [0.15, 0.2) is 5.96 Å². The Balaban J connectivity index is 0.00000338. The van der Waals surface area contributed by atoms with Crippen LogP contribution in [0.2, 0.25) is 0 Å². The lowest BCUT2D eigenvalue weighted by atomic mass is 10.00. The van der Waals surface area contributed by atoms with E-state index in [0.29, 0.717) is 12.6 Å². The highest BCUT2D eigenvalue weighted by molar-refractivity contribution is 14.0. The topological polar surface area (TPSA) is 62.5 Å². The van der Waals surface area contributed by atoms with E-state index in [1.165, 1.54) is 15.3 Å². The summed E-state index contributed by atoms with van der Waals surface area (Å²) in [7, 11) is 0. The van der Waals surface area contributed by atoms with Crippen molar-refractivity contribution in [3.63, 3.8) is 0 Å². The number of aromatic nitrogens is 1. The Morgan fingerprint density at radius 1 is 1.27 bits per heavy atom. The zero-order chi connectivity index (χ0) is 18.4. The van der Waals surface area contributed by atoms with Gasteiger partial charge in [-0.1, -0.05) is 12.1 Å². The van der Waals surface area contributed by atoms with Crippen molar-refractivity contribution in [3.8, 4) is 0 Å². The predicted octanol–water partition coefficient (Wildman–Crippen LogP) is 4.57. The smallest absolute Gasteiger partial charge is 0.191 e. The summed E-state index contributed by atoms with van der Waals surface area (Å²) in [4.78, 5) is 7.52. The molecule has 2 rings (SSSR count). The molecule has 0 saturated carbocycles. The van der Waals surface area contributed by atoms with Crippen LogP contribution in [-0.2, 0) is 6.42 Å². The standard InChI is InChI=1S/C19H30N4OS.HI/c1-7-20-19(22-13(3)10-17-9-8-14(4)25-17)21-11-12(2)18-15(5)23-24-16(18)6;/h8-9,12-13H,7,10-11H2,1-6H3,(H2,20,21,22);1H. The number of thiophene rings is 1. The minimum atomic E-state index is 0. The lowest BCUT2D eigenvalue weighted by molar-refractivity contribution is 0.391. The van der Waals surface area contributed by atoms with E-state index >= 15 is 0 Å². The number of nitrogens with one attached hydrogen (secondary N) is 2. The summed E-state index contributed by atoms with van der Waals surface area (Å²) in [6.45, 7) is 14.1. The highest BCUT2D eigenvalue weighted by Gasteiger charge is 2.16. The number of aliphatic imine (C=N–C) groups is 1. The van der Waals surface area contributed by atoms with Crippen LogP contribution in [0.4, 0.5) is 0 Å². The van der Waals surface area contributed by atoms with Gasteiger partial charge in [-0.2, -0.15) is 0 Å². The second-order valence-electron chi connectivity index (χ2n) is 6.62. The van der Waals surface area contributed by atoms with Gasteiger partial charge in [-0.25, -0.2) is 0 Å². The Morgan fingerprint density at radius 2 is 2.00 bits per heavy atom. The molecule has 2 aromatic heterocycles. The van der Waals surface area contributed by atoms with Crippen LogP contribution in [0.3, 0.4) is 0 Å². The molecule has 0 aliphatic heterocycles. The van der Waals surface area contributed by atoms with Crippen molar-refractivity contribution >= 4 is 41.3 Å². The SMILES string of the molecule is CCNC(=NCC(C)c1c(C)noc1C)NC(C)Cc1ccc(C)s1.I. The van der Waals surface area contributed by atoms with E-state index in [9.17, 15) is 0 Å². The lowest BCUT2D eigenvalue weighted by Gasteiger charge is -2.18. The first-order valence-electron chi connectivity index (χ1n) is 8.93. The van der Waals surface area contributed by atoms with Crippen molar-refractivity contribution in [3.05, 3.63) is 38.9 Å². The maximum absolute atomic E-state index is 5.28. The third-order valence-corrected chi connectivity index (χ3v) is 5.16. The highest BCUT2D eigenvalue weighted by atomic mass is 127. The molecular formula is C19H31IN4OS. The molecule has 0 fully saturated rings. The summed E-state index contributed by atoms with van der Waals surface area (Å²) in [5, 5.41) is 10.9. The van der Waals surface area contributed by atoms with Crippen LogP contribution in [0.5, 0.6) is 0 Å². The number of aryl methyl sites for hydroxylation is 3. The highest BCUT2D eigenvalue weighted by Crippen LogP contribution is 2.23.